The first-order valence-corrected chi connectivity index (χ1v) is 7.40. The van der Waals surface area contributed by atoms with E-state index in [2.05, 4.69) is 79.5 Å². The van der Waals surface area contributed by atoms with Crippen LogP contribution in [0.4, 0.5) is 17.1 Å². The molecule has 0 aliphatic carbocycles. The number of hydrogen-bond acceptors (Lipinski definition) is 3. The third kappa shape index (κ3) is 1.82. The Bertz CT molecular complexity index is 870. The van der Waals surface area contributed by atoms with Crippen LogP contribution in [-0.4, -0.2) is 21.1 Å². The highest BCUT2D eigenvalue weighted by atomic mass is 16.5. The van der Waals surface area contributed by atoms with E-state index in [9.17, 15) is 0 Å². The van der Waals surface area contributed by atoms with E-state index in [0.29, 0.717) is 0 Å². The Kier molecular flexibility index (Phi) is 2.76. The largest absolute Gasteiger partial charge is 0.453 e. The molecule has 1 heterocycles. The standard InChI is InChI=1S/C19H18N2O/c1-20(2)14-9-11-17-16(12-14)21(3)19-15-7-5-4-6-13(15)8-10-18(19)22-17/h4-12H,1-3H3. The summed E-state index contributed by atoms with van der Waals surface area (Å²) in [7, 11) is 6.20. The Hall–Kier alpha value is -2.68. The topological polar surface area (TPSA) is 15.7 Å². The maximum absolute atomic E-state index is 6.13. The molecule has 0 fully saturated rings. The smallest absolute Gasteiger partial charge is 0.151 e. The second-order valence-corrected chi connectivity index (χ2v) is 5.84. The third-order valence-corrected chi connectivity index (χ3v) is 4.24. The van der Waals surface area contributed by atoms with Gasteiger partial charge in [-0.05, 0) is 29.7 Å². The summed E-state index contributed by atoms with van der Waals surface area (Å²) in [6.45, 7) is 0. The highest BCUT2D eigenvalue weighted by Crippen LogP contribution is 2.49. The van der Waals surface area contributed by atoms with Crippen molar-refractivity contribution in [1.29, 1.82) is 0 Å². The monoisotopic (exact) mass is 290 g/mol. The Morgan fingerprint density at radius 3 is 2.50 bits per heavy atom. The van der Waals surface area contributed by atoms with E-state index in [1.807, 2.05) is 6.07 Å². The van der Waals surface area contributed by atoms with Crippen LogP contribution in [-0.2, 0) is 0 Å². The number of anilines is 3. The zero-order chi connectivity index (χ0) is 15.3. The van der Waals surface area contributed by atoms with Gasteiger partial charge < -0.3 is 14.5 Å². The fourth-order valence-electron chi connectivity index (χ4n) is 3.03. The van der Waals surface area contributed by atoms with Crippen molar-refractivity contribution in [1.82, 2.24) is 0 Å². The summed E-state index contributed by atoms with van der Waals surface area (Å²) in [5, 5.41) is 2.44. The predicted molar refractivity (Wildman–Crippen MR) is 92.9 cm³/mol. The van der Waals surface area contributed by atoms with Crippen LogP contribution in [0.2, 0.25) is 0 Å². The molecule has 1 aliphatic heterocycles. The van der Waals surface area contributed by atoms with Gasteiger partial charge in [0.2, 0.25) is 0 Å². The molecule has 0 atom stereocenters. The number of ether oxygens (including phenoxy) is 1. The van der Waals surface area contributed by atoms with E-state index in [4.69, 9.17) is 4.74 Å². The highest BCUT2D eigenvalue weighted by molar-refractivity contribution is 6.01. The Labute approximate surface area is 130 Å². The fraction of sp³-hybridized carbons (Fsp3) is 0.158. The van der Waals surface area contributed by atoms with Gasteiger partial charge in [-0.15, -0.1) is 0 Å². The van der Waals surface area contributed by atoms with Crippen molar-refractivity contribution in [2.75, 3.05) is 30.9 Å². The maximum atomic E-state index is 6.13. The second-order valence-electron chi connectivity index (χ2n) is 5.84. The summed E-state index contributed by atoms with van der Waals surface area (Å²) < 4.78 is 6.13. The molecule has 3 nitrogen and oxygen atoms in total. The molecule has 110 valence electrons. The van der Waals surface area contributed by atoms with Crippen molar-refractivity contribution in [3.63, 3.8) is 0 Å². The number of hydrogen-bond donors (Lipinski definition) is 0. The first-order valence-electron chi connectivity index (χ1n) is 7.40. The lowest BCUT2D eigenvalue weighted by Crippen LogP contribution is -2.17. The fourth-order valence-corrected chi connectivity index (χ4v) is 3.03. The van der Waals surface area contributed by atoms with E-state index in [1.54, 1.807) is 0 Å². The van der Waals surface area contributed by atoms with Gasteiger partial charge in [-0.3, -0.25) is 0 Å². The van der Waals surface area contributed by atoms with E-state index in [0.717, 1.165) is 28.6 Å². The number of benzene rings is 3. The lowest BCUT2D eigenvalue weighted by molar-refractivity contribution is 0.476. The van der Waals surface area contributed by atoms with Crippen LogP contribution >= 0.6 is 0 Å². The zero-order valence-corrected chi connectivity index (χ0v) is 13.0. The van der Waals surface area contributed by atoms with Crippen molar-refractivity contribution in [2.24, 2.45) is 0 Å². The zero-order valence-electron chi connectivity index (χ0n) is 13.0. The van der Waals surface area contributed by atoms with Gasteiger partial charge in [0.1, 0.15) is 0 Å². The number of fused-ring (bicyclic) bond motifs is 4. The van der Waals surface area contributed by atoms with E-state index in [-0.39, 0.29) is 0 Å². The van der Waals surface area contributed by atoms with Crippen LogP contribution in [0.1, 0.15) is 0 Å². The van der Waals surface area contributed by atoms with Crippen molar-refractivity contribution in [3.05, 3.63) is 54.6 Å². The highest BCUT2D eigenvalue weighted by Gasteiger charge is 2.24. The lowest BCUT2D eigenvalue weighted by atomic mass is 10.0. The van der Waals surface area contributed by atoms with Crippen LogP contribution in [0.5, 0.6) is 11.5 Å². The average molecular weight is 290 g/mol. The number of nitrogens with zero attached hydrogens (tertiary/aromatic N) is 2. The summed E-state index contributed by atoms with van der Waals surface area (Å²) in [6.07, 6.45) is 0. The quantitative estimate of drug-likeness (QED) is 0.641. The lowest BCUT2D eigenvalue weighted by Gasteiger charge is -2.31. The molecule has 0 saturated carbocycles. The van der Waals surface area contributed by atoms with E-state index >= 15 is 0 Å². The second kappa shape index (κ2) is 4.67. The molecule has 3 heteroatoms. The molecule has 4 rings (SSSR count). The molecule has 0 unspecified atom stereocenters. The molecule has 3 aromatic carbocycles. The van der Waals surface area contributed by atoms with Gasteiger partial charge in [-0.2, -0.15) is 0 Å². The molecule has 1 aliphatic rings. The van der Waals surface area contributed by atoms with Crippen molar-refractivity contribution >= 4 is 27.8 Å². The molecule has 3 aromatic rings. The van der Waals surface area contributed by atoms with Crippen LogP contribution in [0.3, 0.4) is 0 Å². The van der Waals surface area contributed by atoms with Gasteiger partial charge in [0, 0.05) is 32.2 Å². The van der Waals surface area contributed by atoms with Gasteiger partial charge in [0.05, 0.1) is 11.4 Å². The van der Waals surface area contributed by atoms with Gasteiger partial charge in [0.15, 0.2) is 11.5 Å². The molecule has 0 aromatic heterocycles. The Balaban J connectivity index is 1.94. The molecule has 0 N–H and O–H groups in total. The summed E-state index contributed by atoms with van der Waals surface area (Å²) >= 11 is 0. The molecule has 0 radical (unpaired) electrons. The van der Waals surface area contributed by atoms with Crippen LogP contribution in [0.25, 0.3) is 10.8 Å². The maximum Gasteiger partial charge on any atom is 0.151 e. The minimum Gasteiger partial charge on any atom is -0.453 e. The Morgan fingerprint density at radius 2 is 1.68 bits per heavy atom. The van der Waals surface area contributed by atoms with Gasteiger partial charge in [0.25, 0.3) is 0 Å². The van der Waals surface area contributed by atoms with E-state index < -0.39 is 0 Å². The summed E-state index contributed by atoms with van der Waals surface area (Å²) in [6, 6.07) is 18.9. The van der Waals surface area contributed by atoms with Crippen LogP contribution < -0.4 is 14.5 Å². The van der Waals surface area contributed by atoms with Gasteiger partial charge in [-0.25, -0.2) is 0 Å². The predicted octanol–water partition coefficient (Wildman–Crippen LogP) is 4.78. The average Bonchev–Trinajstić information content (AvgIpc) is 2.54. The van der Waals surface area contributed by atoms with Gasteiger partial charge in [-0.1, -0.05) is 30.3 Å². The summed E-state index contributed by atoms with van der Waals surface area (Å²) in [5.41, 5.74) is 3.38. The molecule has 0 amide bonds. The first kappa shape index (κ1) is 13.0. The molecule has 0 saturated heterocycles. The van der Waals surface area contributed by atoms with Crippen LogP contribution in [0, 0.1) is 0 Å². The minimum atomic E-state index is 0.899. The Morgan fingerprint density at radius 1 is 0.909 bits per heavy atom. The van der Waals surface area contributed by atoms with E-state index in [1.165, 1.54) is 10.8 Å². The summed E-state index contributed by atoms with van der Waals surface area (Å²) in [5.74, 6) is 1.81. The SMILES string of the molecule is CN(C)c1ccc2c(c1)N(C)c1c(ccc3ccccc13)O2. The van der Waals surface area contributed by atoms with Crippen molar-refractivity contribution in [2.45, 2.75) is 0 Å². The molecule has 22 heavy (non-hydrogen) atoms. The molecular formula is C19H18N2O. The normalized spacial score (nSPS) is 12.6. The minimum absolute atomic E-state index is 0.899. The van der Waals surface area contributed by atoms with Crippen LogP contribution in [0.15, 0.2) is 54.6 Å². The van der Waals surface area contributed by atoms with Crippen molar-refractivity contribution < 1.29 is 4.74 Å². The molecular weight excluding hydrogens is 272 g/mol. The van der Waals surface area contributed by atoms with Gasteiger partial charge >= 0.3 is 0 Å². The third-order valence-electron chi connectivity index (χ3n) is 4.24. The molecule has 0 bridgehead atoms. The first-order chi connectivity index (χ1) is 10.6. The number of rotatable bonds is 1. The summed E-state index contributed by atoms with van der Waals surface area (Å²) in [4.78, 5) is 4.33. The van der Waals surface area contributed by atoms with Crippen molar-refractivity contribution in [3.8, 4) is 11.5 Å². The molecule has 0 spiro atoms.